The second-order valence-electron chi connectivity index (χ2n) is 17.9. The van der Waals surface area contributed by atoms with Gasteiger partial charge < -0.3 is 31.3 Å². The Labute approximate surface area is 505 Å². The summed E-state index contributed by atoms with van der Waals surface area (Å²) in [6.07, 6.45) is 0.585. The lowest BCUT2D eigenvalue weighted by atomic mass is 10.0. The summed E-state index contributed by atoms with van der Waals surface area (Å²) >= 11 is 6.21. The molecule has 0 spiro atoms. The standard InChI is InChI=1S/C45H30ClN11O27S6/c1-16-8-20(85(67,68)69)11-25(46)39(16)56-43(60)37(38(55-56)45(63)64)48-15-17-2-3-18(9-29(17)86(70,71)72)49-53-35-31(88(76,77)78)12-23-21(40(35)58)6-7-26(42(23)90(82,83)84)50-52-28-14-30(87(73,74)75)24-13-32(89(79,80)81)36(41(59)33(24)34(28)47)54-51-27-10-19(57(65)66)4-5-22(27)44(61)62/h2-15,58-60H,47H2,1H3,(H,61,62)(H,63,64)(H,67,68,69)(H,70,71,72)(H,73,74,75)(H,76,77,78)(H,79,80,81)(H,82,83,84)/b48-15+,52-50?,53-49?,54-51?. The van der Waals surface area contributed by atoms with Crippen molar-refractivity contribution < 1.29 is 118 Å². The van der Waals surface area contributed by atoms with E-state index in [1.165, 1.54) is 6.92 Å². The summed E-state index contributed by atoms with van der Waals surface area (Å²) in [6.45, 7) is 1.24. The lowest BCUT2D eigenvalue weighted by Gasteiger charge is -2.15. The highest BCUT2D eigenvalue weighted by atomic mass is 35.5. The minimum atomic E-state index is -5.79. The molecular formula is C45H30ClN11O27S6. The first-order valence-corrected chi connectivity index (χ1v) is 32.0. The van der Waals surface area contributed by atoms with Gasteiger partial charge in [0.2, 0.25) is 5.88 Å². The molecule has 0 fully saturated rings. The smallest absolute Gasteiger partial charge is 0.358 e. The van der Waals surface area contributed by atoms with Crippen LogP contribution in [0, 0.1) is 17.0 Å². The average Bonchev–Trinajstić information content (AvgIpc) is 0.895. The molecule has 470 valence electrons. The van der Waals surface area contributed by atoms with E-state index in [2.05, 4.69) is 40.8 Å². The van der Waals surface area contributed by atoms with Crippen molar-refractivity contribution in [1.29, 1.82) is 0 Å². The number of nitrogens with zero attached hydrogens (tertiary/aromatic N) is 10. The van der Waals surface area contributed by atoms with Crippen LogP contribution in [0.5, 0.6) is 17.4 Å². The number of aromatic hydroxyl groups is 3. The van der Waals surface area contributed by atoms with E-state index in [1.54, 1.807) is 0 Å². The number of nitrogens with two attached hydrogens (primary N) is 1. The maximum absolute atomic E-state index is 13.1. The molecule has 1 aromatic heterocycles. The molecule has 13 N–H and O–H groups in total. The first kappa shape index (κ1) is 66.0. The number of non-ortho nitro benzene ring substituents is 1. The predicted octanol–water partition coefficient (Wildman–Crippen LogP) is 7.62. The first-order valence-electron chi connectivity index (χ1n) is 23.0. The number of anilines is 1. The lowest BCUT2D eigenvalue weighted by Crippen LogP contribution is -2.06. The first-order chi connectivity index (χ1) is 41.4. The summed E-state index contributed by atoms with van der Waals surface area (Å²) in [5.41, 5.74) is -5.43. The Bertz CT molecular complexity index is 5410. The Balaban J connectivity index is 1.23. The Hall–Kier alpha value is -9.97. The van der Waals surface area contributed by atoms with Crippen LogP contribution in [-0.2, 0) is 60.7 Å². The number of carboxylic acids is 2. The van der Waals surface area contributed by atoms with Crippen LogP contribution >= 0.6 is 11.6 Å². The third kappa shape index (κ3) is 13.0. The van der Waals surface area contributed by atoms with Crippen LogP contribution in [0.1, 0.15) is 32.0 Å². The second kappa shape index (κ2) is 23.2. The fraction of sp³-hybridized carbons (Fsp3) is 0.0222. The SMILES string of the molecule is Cc1cc(S(=O)(=O)O)cc(Cl)c1-n1nc(C(=O)O)c(/N=C/c2ccc(N=Nc3c(S(=O)(=O)O)cc4c(S(=O)(=O)O)c(N=Nc5cc(S(=O)(=O)O)c6cc(S(=O)(=O)O)c(N=Nc7cc([N+](=O)[O-])ccc7C(=O)O)c(O)c6c5N)ccc4c3O)cc2S(=O)(=O)O)c1O. The molecule has 0 bridgehead atoms. The molecule has 0 saturated carbocycles. The summed E-state index contributed by atoms with van der Waals surface area (Å²) in [6, 6.07) is 8.06. The van der Waals surface area contributed by atoms with Gasteiger partial charge in [0.25, 0.3) is 66.4 Å². The number of carboxylic acid groups (broad SMARTS) is 2. The predicted molar refractivity (Wildman–Crippen MR) is 303 cm³/mol. The number of nitro groups is 1. The number of aromatic nitrogens is 2. The maximum Gasteiger partial charge on any atom is 0.358 e. The number of aromatic carboxylic acids is 2. The van der Waals surface area contributed by atoms with Crippen LogP contribution in [0.4, 0.5) is 51.2 Å². The van der Waals surface area contributed by atoms with Crippen molar-refractivity contribution in [3.05, 3.63) is 116 Å². The summed E-state index contributed by atoms with van der Waals surface area (Å²) in [7, 11) is -33.1. The lowest BCUT2D eigenvalue weighted by molar-refractivity contribution is -0.384. The quantitative estimate of drug-likeness (QED) is 0.00981. The molecule has 0 aliphatic heterocycles. The number of phenolic OH excluding ortho intramolecular Hbond substituents is 2. The number of hydrogen-bond acceptors (Lipinski definition) is 28. The van der Waals surface area contributed by atoms with Gasteiger partial charge in [-0.1, -0.05) is 11.6 Å². The van der Waals surface area contributed by atoms with E-state index in [4.69, 9.17) is 17.3 Å². The topological polar surface area (TPSA) is 635 Å². The van der Waals surface area contributed by atoms with Crippen molar-refractivity contribution in [3.63, 3.8) is 0 Å². The molecule has 0 aliphatic carbocycles. The monoisotopic (exact) mass is 1380 g/mol. The number of nitrogen functional groups attached to an aromatic ring is 1. The van der Waals surface area contributed by atoms with Crippen LogP contribution < -0.4 is 5.73 Å². The molecule has 38 nitrogen and oxygen atoms in total. The summed E-state index contributed by atoms with van der Waals surface area (Å²) < 4.78 is 213. The van der Waals surface area contributed by atoms with E-state index in [9.17, 15) is 123 Å². The molecule has 0 unspecified atom stereocenters. The molecule has 8 rings (SSSR count). The van der Waals surface area contributed by atoms with Gasteiger partial charge in [-0.25, -0.2) is 14.6 Å². The second-order valence-corrected chi connectivity index (χ2v) is 26.6. The highest BCUT2D eigenvalue weighted by Crippen LogP contribution is 2.50. The normalized spacial score (nSPS) is 13.0. The van der Waals surface area contributed by atoms with Crippen LogP contribution in [-0.4, -0.2) is 136 Å². The van der Waals surface area contributed by atoms with Gasteiger partial charge in [0.05, 0.1) is 42.9 Å². The van der Waals surface area contributed by atoms with Crippen molar-refractivity contribution in [1.82, 2.24) is 9.78 Å². The van der Waals surface area contributed by atoms with E-state index in [0.717, 1.165) is 36.4 Å². The van der Waals surface area contributed by atoms with Gasteiger partial charge >= 0.3 is 11.9 Å². The van der Waals surface area contributed by atoms with Crippen molar-refractivity contribution in [2.24, 2.45) is 35.7 Å². The van der Waals surface area contributed by atoms with E-state index in [1.807, 2.05) is 0 Å². The largest absolute Gasteiger partial charge is 0.505 e. The highest BCUT2D eigenvalue weighted by Gasteiger charge is 2.32. The number of phenols is 2. The fourth-order valence-electron chi connectivity index (χ4n) is 8.33. The Morgan fingerprint density at radius 1 is 0.589 bits per heavy atom. The number of rotatable bonds is 18. The van der Waals surface area contributed by atoms with Gasteiger partial charge in [0.15, 0.2) is 22.9 Å². The van der Waals surface area contributed by atoms with Gasteiger partial charge in [0.1, 0.15) is 52.9 Å². The summed E-state index contributed by atoms with van der Waals surface area (Å²) in [5.74, 6) is -7.62. The Morgan fingerprint density at radius 3 is 1.70 bits per heavy atom. The average molecular weight is 1380 g/mol. The van der Waals surface area contributed by atoms with Crippen LogP contribution in [0.3, 0.4) is 0 Å². The third-order valence-electron chi connectivity index (χ3n) is 12.2. The number of aryl methyl sites for hydroxylation is 1. The van der Waals surface area contributed by atoms with Gasteiger partial charge in [-0.05, 0) is 79.2 Å². The van der Waals surface area contributed by atoms with Gasteiger partial charge in [0, 0.05) is 40.1 Å². The molecule has 90 heavy (non-hydrogen) atoms. The number of azo groups is 3. The Morgan fingerprint density at radius 2 is 1.16 bits per heavy atom. The van der Waals surface area contributed by atoms with Gasteiger partial charge in [-0.3, -0.25) is 37.4 Å². The van der Waals surface area contributed by atoms with Crippen LogP contribution in [0.25, 0.3) is 27.2 Å². The maximum atomic E-state index is 13.1. The molecule has 0 saturated heterocycles. The number of aliphatic imine (C=N–C) groups is 1. The van der Waals surface area contributed by atoms with E-state index in [0.29, 0.717) is 41.2 Å². The molecular weight excluding hydrogens is 1350 g/mol. The number of benzene rings is 7. The fourth-order valence-corrected chi connectivity index (χ4v) is 12.8. The van der Waals surface area contributed by atoms with Crippen molar-refractivity contribution in [2.75, 3.05) is 5.73 Å². The number of halogens is 1. The van der Waals surface area contributed by atoms with Crippen LogP contribution in [0.15, 0.2) is 144 Å². The molecule has 0 radical (unpaired) electrons. The summed E-state index contributed by atoms with van der Waals surface area (Å²) in [4.78, 5) is 30.6. The summed E-state index contributed by atoms with van der Waals surface area (Å²) in [5, 5.41) is 85.7. The minimum Gasteiger partial charge on any atom is -0.505 e. The molecule has 1 heterocycles. The molecule has 0 aliphatic rings. The van der Waals surface area contributed by atoms with Crippen molar-refractivity contribution in [3.8, 4) is 23.1 Å². The zero-order valence-electron chi connectivity index (χ0n) is 43.4. The number of hydrogen-bond donors (Lipinski definition) is 12. The van der Waals surface area contributed by atoms with Crippen molar-refractivity contribution >= 4 is 163 Å². The van der Waals surface area contributed by atoms with Crippen molar-refractivity contribution in [2.45, 2.75) is 36.3 Å². The van der Waals surface area contributed by atoms with E-state index < -0.39 is 219 Å². The molecule has 7 aromatic carbocycles. The number of fused-ring (bicyclic) bond motifs is 2. The molecule has 0 atom stereocenters. The number of carbonyl (C=O) groups is 2. The highest BCUT2D eigenvalue weighted by molar-refractivity contribution is 7.87. The van der Waals surface area contributed by atoms with E-state index in [-0.39, 0.29) is 23.4 Å². The molecule has 0 amide bonds. The van der Waals surface area contributed by atoms with E-state index >= 15 is 0 Å². The van der Waals surface area contributed by atoms with Crippen LogP contribution in [0.2, 0.25) is 5.02 Å². The Kier molecular flexibility index (Phi) is 17.0. The minimum absolute atomic E-state index is 0.0907. The van der Waals surface area contributed by atoms with Gasteiger partial charge in [-0.2, -0.15) is 65.4 Å². The zero-order chi connectivity index (χ0) is 67.0. The number of nitro benzene ring substituents is 1. The third-order valence-corrected chi connectivity index (χ3v) is 17.8. The molecule has 45 heteroatoms. The molecule has 8 aromatic rings. The zero-order valence-corrected chi connectivity index (χ0v) is 49.1. The van der Waals surface area contributed by atoms with Gasteiger partial charge in [-0.15, -0.1) is 25.6 Å².